The molecule has 0 aliphatic carbocycles. The number of aromatic nitrogens is 3. The van der Waals surface area contributed by atoms with E-state index in [9.17, 15) is 19.5 Å². The molecule has 208 valence electrons. The van der Waals surface area contributed by atoms with Crippen molar-refractivity contribution in [2.75, 3.05) is 19.8 Å². The SMILES string of the molecule is C=CCOC(=O)[C@@H]1[C@H]2C(=O)N([C@H](C)CO)C(C(=O)N(CC=C)Cn3nnc4ccccc43)C23CC(C)[C@@]1(C)O3. The van der Waals surface area contributed by atoms with Gasteiger partial charge in [-0.25, -0.2) is 4.68 Å². The zero-order valence-electron chi connectivity index (χ0n) is 22.5. The topological polar surface area (TPSA) is 127 Å². The van der Waals surface area contributed by atoms with Gasteiger partial charge in [-0.3, -0.25) is 14.4 Å². The summed E-state index contributed by atoms with van der Waals surface area (Å²) in [5.41, 5.74) is -0.804. The van der Waals surface area contributed by atoms with Crippen molar-refractivity contribution in [3.05, 3.63) is 49.6 Å². The molecule has 2 aromatic rings. The van der Waals surface area contributed by atoms with Crippen molar-refractivity contribution in [2.45, 2.75) is 57.1 Å². The largest absolute Gasteiger partial charge is 0.461 e. The van der Waals surface area contributed by atoms with Gasteiger partial charge in [-0.2, -0.15) is 0 Å². The van der Waals surface area contributed by atoms with Crippen LogP contribution in [-0.4, -0.2) is 90.7 Å². The minimum Gasteiger partial charge on any atom is -0.461 e. The van der Waals surface area contributed by atoms with E-state index in [-0.39, 0.29) is 38.3 Å². The second-order valence-corrected chi connectivity index (χ2v) is 11.0. The molecule has 3 fully saturated rings. The Morgan fingerprint density at radius 2 is 2.08 bits per heavy atom. The molecule has 1 aromatic carbocycles. The summed E-state index contributed by atoms with van der Waals surface area (Å²) in [6, 6.07) is 5.68. The number of para-hydroxylation sites is 1. The number of aliphatic hydroxyl groups is 1. The van der Waals surface area contributed by atoms with E-state index in [4.69, 9.17) is 9.47 Å². The predicted molar refractivity (Wildman–Crippen MR) is 141 cm³/mol. The van der Waals surface area contributed by atoms with Gasteiger partial charge in [0, 0.05) is 6.54 Å². The first-order valence-electron chi connectivity index (χ1n) is 13.2. The first-order chi connectivity index (χ1) is 18.6. The van der Waals surface area contributed by atoms with Gasteiger partial charge in [0.1, 0.15) is 36.4 Å². The summed E-state index contributed by atoms with van der Waals surface area (Å²) in [6.07, 6.45) is 3.48. The highest BCUT2D eigenvalue weighted by molar-refractivity contribution is 5.98. The molecule has 11 heteroatoms. The Balaban J connectivity index is 1.57. The number of likely N-dealkylation sites (tertiary alicyclic amines) is 1. The third kappa shape index (κ3) is 3.89. The molecule has 3 unspecified atom stereocenters. The van der Waals surface area contributed by atoms with Crippen LogP contribution in [0.1, 0.15) is 27.2 Å². The van der Waals surface area contributed by atoms with Crippen molar-refractivity contribution in [3.63, 3.8) is 0 Å². The second-order valence-electron chi connectivity index (χ2n) is 11.0. The maximum Gasteiger partial charge on any atom is 0.313 e. The van der Waals surface area contributed by atoms with Crippen LogP contribution in [0.2, 0.25) is 0 Å². The maximum absolute atomic E-state index is 14.5. The highest BCUT2D eigenvalue weighted by Crippen LogP contribution is 2.65. The molecule has 3 aliphatic rings. The van der Waals surface area contributed by atoms with Gasteiger partial charge >= 0.3 is 5.97 Å². The Morgan fingerprint density at radius 1 is 1.33 bits per heavy atom. The lowest BCUT2D eigenvalue weighted by molar-refractivity contribution is -0.163. The van der Waals surface area contributed by atoms with E-state index in [1.807, 2.05) is 38.1 Å². The van der Waals surface area contributed by atoms with Crippen molar-refractivity contribution in [1.29, 1.82) is 0 Å². The van der Waals surface area contributed by atoms with Crippen LogP contribution in [0.3, 0.4) is 0 Å². The third-order valence-corrected chi connectivity index (χ3v) is 8.71. The number of esters is 1. The molecule has 2 amide bonds. The lowest BCUT2D eigenvalue weighted by atomic mass is 9.62. The summed E-state index contributed by atoms with van der Waals surface area (Å²) in [6.45, 7) is 12.8. The standard InChI is InChI=1S/C28H35N5O6/c1-6-12-31(16-32-20-11-9-8-10-19(20)29-30-32)25(36)23-28-14-17(3)27(5,39-28)22(26(37)38-13-7-2)21(28)24(35)33(23)18(4)15-34/h6-11,17-18,21-23,34H,1-2,12-16H2,3-5H3/t17?,18-,21+,22+,23?,27-,28?/m1/s1. The summed E-state index contributed by atoms with van der Waals surface area (Å²) in [5, 5.41) is 18.5. The average molecular weight is 538 g/mol. The number of rotatable bonds is 10. The Morgan fingerprint density at radius 3 is 2.77 bits per heavy atom. The van der Waals surface area contributed by atoms with Crippen LogP contribution in [0.4, 0.5) is 0 Å². The summed E-state index contributed by atoms with van der Waals surface area (Å²) in [4.78, 5) is 44.9. The molecule has 3 aliphatic heterocycles. The van der Waals surface area contributed by atoms with E-state index in [2.05, 4.69) is 23.5 Å². The second kappa shape index (κ2) is 9.87. The highest BCUT2D eigenvalue weighted by Gasteiger charge is 2.80. The summed E-state index contributed by atoms with van der Waals surface area (Å²) < 4.78 is 13.7. The van der Waals surface area contributed by atoms with E-state index in [0.717, 1.165) is 5.52 Å². The quantitative estimate of drug-likeness (QED) is 0.357. The summed E-state index contributed by atoms with van der Waals surface area (Å²) in [7, 11) is 0. The monoisotopic (exact) mass is 537 g/mol. The molecule has 1 spiro atoms. The molecule has 0 saturated carbocycles. The Hall–Kier alpha value is -3.57. The number of hydrogen-bond acceptors (Lipinski definition) is 8. The van der Waals surface area contributed by atoms with Crippen LogP contribution in [0.5, 0.6) is 0 Å². The van der Waals surface area contributed by atoms with Crippen LogP contribution >= 0.6 is 0 Å². The fraction of sp³-hybridized carbons (Fsp3) is 0.536. The minimum atomic E-state index is -1.26. The molecule has 5 rings (SSSR count). The van der Waals surface area contributed by atoms with Gasteiger partial charge in [0.2, 0.25) is 11.8 Å². The normalized spacial score (nSPS) is 31.8. The number of ether oxygens (including phenoxy) is 2. The zero-order valence-corrected chi connectivity index (χ0v) is 22.5. The summed E-state index contributed by atoms with van der Waals surface area (Å²) in [5.74, 6) is -3.26. The molecule has 11 nitrogen and oxygen atoms in total. The van der Waals surface area contributed by atoms with Gasteiger partial charge in [-0.05, 0) is 38.3 Å². The molecule has 1 aromatic heterocycles. The van der Waals surface area contributed by atoms with Gasteiger partial charge in [0.05, 0.1) is 29.7 Å². The molecular weight excluding hydrogens is 502 g/mol. The van der Waals surface area contributed by atoms with E-state index in [0.29, 0.717) is 11.9 Å². The molecule has 0 radical (unpaired) electrons. The number of nitrogens with zero attached hydrogens (tertiary/aromatic N) is 5. The lowest BCUT2D eigenvalue weighted by Gasteiger charge is -2.38. The zero-order chi connectivity index (χ0) is 28.1. The lowest BCUT2D eigenvalue weighted by Crippen LogP contribution is -2.58. The van der Waals surface area contributed by atoms with Crippen LogP contribution in [0, 0.1) is 17.8 Å². The molecule has 4 heterocycles. The van der Waals surface area contributed by atoms with Gasteiger partial charge in [-0.1, -0.05) is 43.0 Å². The van der Waals surface area contributed by atoms with Gasteiger partial charge < -0.3 is 24.4 Å². The maximum atomic E-state index is 14.5. The summed E-state index contributed by atoms with van der Waals surface area (Å²) >= 11 is 0. The number of carbonyl (C=O) groups excluding carboxylic acids is 3. The third-order valence-electron chi connectivity index (χ3n) is 8.71. The fourth-order valence-corrected chi connectivity index (χ4v) is 6.84. The van der Waals surface area contributed by atoms with Gasteiger partial charge in [-0.15, -0.1) is 11.7 Å². The first kappa shape index (κ1) is 27.0. The van der Waals surface area contributed by atoms with Crippen molar-refractivity contribution >= 4 is 28.8 Å². The molecular formula is C28H35N5O6. The molecule has 2 bridgehead atoms. The average Bonchev–Trinajstić information content (AvgIpc) is 3.59. The van der Waals surface area contributed by atoms with E-state index in [1.54, 1.807) is 22.6 Å². The number of benzene rings is 1. The van der Waals surface area contributed by atoms with Crippen molar-refractivity contribution < 1.29 is 29.0 Å². The first-order valence-corrected chi connectivity index (χ1v) is 13.2. The highest BCUT2D eigenvalue weighted by atomic mass is 16.6. The van der Waals surface area contributed by atoms with Gasteiger partial charge in [0.15, 0.2) is 0 Å². The molecule has 7 atom stereocenters. The fourth-order valence-electron chi connectivity index (χ4n) is 6.84. The van der Waals surface area contributed by atoms with Crippen molar-refractivity contribution in [3.8, 4) is 0 Å². The van der Waals surface area contributed by atoms with E-state index in [1.165, 1.54) is 11.0 Å². The van der Waals surface area contributed by atoms with Crippen LogP contribution in [-0.2, 0) is 30.5 Å². The van der Waals surface area contributed by atoms with Crippen LogP contribution < -0.4 is 0 Å². The van der Waals surface area contributed by atoms with E-state index >= 15 is 0 Å². The Bertz CT molecular complexity index is 1330. The Labute approximate surface area is 227 Å². The van der Waals surface area contributed by atoms with E-state index < -0.39 is 47.0 Å². The molecule has 3 saturated heterocycles. The molecule has 1 N–H and O–H groups in total. The predicted octanol–water partition coefficient (Wildman–Crippen LogP) is 1.52. The van der Waals surface area contributed by atoms with Crippen LogP contribution in [0.15, 0.2) is 49.6 Å². The number of fused-ring (bicyclic) bond motifs is 2. The van der Waals surface area contributed by atoms with Crippen molar-refractivity contribution in [2.24, 2.45) is 17.8 Å². The number of hydrogen-bond donors (Lipinski definition) is 1. The Kier molecular flexibility index (Phi) is 6.84. The van der Waals surface area contributed by atoms with Crippen LogP contribution in [0.25, 0.3) is 11.0 Å². The van der Waals surface area contributed by atoms with Gasteiger partial charge in [0.25, 0.3) is 0 Å². The number of amides is 2. The number of aliphatic hydroxyl groups excluding tert-OH is 1. The minimum absolute atomic E-state index is 0.00575. The molecule has 39 heavy (non-hydrogen) atoms. The van der Waals surface area contributed by atoms with Crippen molar-refractivity contribution in [1.82, 2.24) is 24.8 Å². The number of carbonyl (C=O) groups is 3. The smallest absolute Gasteiger partial charge is 0.313 e.